The molecule has 7 heteroatoms. The number of benzene rings is 1. The van der Waals surface area contributed by atoms with Crippen molar-refractivity contribution in [3.8, 4) is 0 Å². The summed E-state index contributed by atoms with van der Waals surface area (Å²) in [6.45, 7) is 3.01. The van der Waals surface area contributed by atoms with Crippen molar-refractivity contribution in [1.82, 2.24) is 4.90 Å². The van der Waals surface area contributed by atoms with Crippen molar-refractivity contribution in [2.45, 2.75) is 19.8 Å². The fraction of sp³-hybridized carbons (Fsp3) is 0.529. The zero-order valence-corrected chi connectivity index (χ0v) is 14.6. The molecule has 0 saturated carbocycles. The lowest BCUT2D eigenvalue weighted by Gasteiger charge is -2.34. The Balaban J connectivity index is 1.58. The minimum atomic E-state index is -2.98. The second-order valence-corrected chi connectivity index (χ2v) is 8.90. The molecule has 0 aromatic heterocycles. The van der Waals surface area contributed by atoms with Crippen molar-refractivity contribution in [3.63, 3.8) is 0 Å². The first-order chi connectivity index (χ1) is 11.3. The average Bonchev–Trinajstić information content (AvgIpc) is 2.87. The molecule has 2 amide bonds. The molecule has 2 saturated heterocycles. The van der Waals surface area contributed by atoms with Crippen molar-refractivity contribution in [1.29, 1.82) is 0 Å². The number of rotatable bonds is 3. The first-order valence-corrected chi connectivity index (χ1v) is 10.0. The highest BCUT2D eigenvalue weighted by molar-refractivity contribution is 7.91. The molecule has 2 aliphatic rings. The third-order valence-corrected chi connectivity index (χ3v) is 6.55. The minimum Gasteiger partial charge on any atom is -0.332 e. The molecule has 0 spiro atoms. The van der Waals surface area contributed by atoms with Gasteiger partial charge in [0.25, 0.3) is 0 Å². The molecular formula is C17H22N2O4S. The van der Waals surface area contributed by atoms with Gasteiger partial charge in [-0.15, -0.1) is 0 Å². The largest absolute Gasteiger partial charge is 0.332 e. The summed E-state index contributed by atoms with van der Waals surface area (Å²) in [5, 5.41) is 0. The standard InChI is InChI=1S/C17H22N2O4S/c1-13-2-4-15(5-3-13)19-8-7-18(11-17(19)21)16(20)10-14-6-9-24(22,23)12-14/h2-5,14H,6-12H2,1H3/t14-/m1/s1. The number of aryl methyl sites for hydroxylation is 1. The topological polar surface area (TPSA) is 74.8 Å². The van der Waals surface area contributed by atoms with Crippen molar-refractivity contribution < 1.29 is 18.0 Å². The Hall–Kier alpha value is -1.89. The molecule has 0 N–H and O–H groups in total. The smallest absolute Gasteiger partial charge is 0.246 e. The molecule has 2 heterocycles. The van der Waals surface area contributed by atoms with Gasteiger partial charge in [0, 0.05) is 25.2 Å². The van der Waals surface area contributed by atoms with E-state index < -0.39 is 9.84 Å². The van der Waals surface area contributed by atoms with Crippen molar-refractivity contribution in [2.75, 3.05) is 36.0 Å². The molecule has 130 valence electrons. The SMILES string of the molecule is Cc1ccc(N2CCN(C(=O)C[C@H]3CCS(=O)(=O)C3)CC2=O)cc1. The van der Waals surface area contributed by atoms with Gasteiger partial charge < -0.3 is 9.80 Å². The van der Waals surface area contributed by atoms with Gasteiger partial charge in [0.2, 0.25) is 11.8 Å². The maximum atomic E-state index is 12.4. The van der Waals surface area contributed by atoms with Crippen molar-refractivity contribution in [3.05, 3.63) is 29.8 Å². The first-order valence-electron chi connectivity index (χ1n) is 8.19. The predicted octanol–water partition coefficient (Wildman–Crippen LogP) is 0.995. The molecular weight excluding hydrogens is 328 g/mol. The number of amides is 2. The van der Waals surface area contributed by atoms with Crippen LogP contribution in [0.5, 0.6) is 0 Å². The number of hydrogen-bond donors (Lipinski definition) is 0. The Bertz CT molecular complexity index is 742. The molecule has 1 aromatic rings. The van der Waals surface area contributed by atoms with E-state index in [1.54, 1.807) is 9.80 Å². The summed E-state index contributed by atoms with van der Waals surface area (Å²) < 4.78 is 23.0. The highest BCUT2D eigenvalue weighted by Gasteiger charge is 2.33. The normalized spacial score (nSPS) is 23.5. The Morgan fingerprint density at radius 3 is 2.50 bits per heavy atom. The van der Waals surface area contributed by atoms with Crippen molar-refractivity contribution >= 4 is 27.3 Å². The summed E-state index contributed by atoms with van der Waals surface area (Å²) in [7, 11) is -2.98. The van der Waals surface area contributed by atoms with E-state index in [1.165, 1.54) is 0 Å². The van der Waals surface area contributed by atoms with Crippen molar-refractivity contribution in [2.24, 2.45) is 5.92 Å². The van der Waals surface area contributed by atoms with E-state index in [2.05, 4.69) is 0 Å². The van der Waals surface area contributed by atoms with Crippen LogP contribution in [-0.4, -0.2) is 56.3 Å². The molecule has 2 fully saturated rings. The molecule has 2 aliphatic heterocycles. The van der Waals surface area contributed by atoms with E-state index >= 15 is 0 Å². The Morgan fingerprint density at radius 2 is 1.92 bits per heavy atom. The molecule has 24 heavy (non-hydrogen) atoms. The lowest BCUT2D eigenvalue weighted by Crippen LogP contribution is -2.52. The van der Waals surface area contributed by atoms with Gasteiger partial charge in [0.15, 0.2) is 9.84 Å². The van der Waals surface area contributed by atoms with Gasteiger partial charge >= 0.3 is 0 Å². The third kappa shape index (κ3) is 3.77. The van der Waals surface area contributed by atoms with Crippen LogP contribution in [-0.2, 0) is 19.4 Å². The van der Waals surface area contributed by atoms with Crippen LogP contribution in [0.4, 0.5) is 5.69 Å². The van der Waals surface area contributed by atoms with Gasteiger partial charge in [0.05, 0.1) is 11.5 Å². The number of anilines is 1. The molecule has 3 rings (SSSR count). The van der Waals surface area contributed by atoms with Gasteiger partial charge in [0.1, 0.15) is 6.54 Å². The van der Waals surface area contributed by atoms with Crippen LogP contribution >= 0.6 is 0 Å². The molecule has 0 bridgehead atoms. The molecule has 1 aromatic carbocycles. The van der Waals surface area contributed by atoms with Crippen LogP contribution in [0.1, 0.15) is 18.4 Å². The number of carbonyl (C=O) groups excluding carboxylic acids is 2. The zero-order chi connectivity index (χ0) is 17.3. The van der Waals surface area contributed by atoms with E-state index in [1.807, 2.05) is 31.2 Å². The van der Waals surface area contributed by atoms with Crippen LogP contribution in [0.25, 0.3) is 0 Å². The number of sulfone groups is 1. The fourth-order valence-electron chi connectivity index (χ4n) is 3.29. The van der Waals surface area contributed by atoms with Gasteiger partial charge in [-0.1, -0.05) is 17.7 Å². The third-order valence-electron chi connectivity index (χ3n) is 4.71. The highest BCUT2D eigenvalue weighted by Crippen LogP contribution is 2.23. The van der Waals surface area contributed by atoms with Crippen LogP contribution in [0.3, 0.4) is 0 Å². The van der Waals surface area contributed by atoms with Gasteiger partial charge in [-0.3, -0.25) is 9.59 Å². The molecule has 1 atom stereocenters. The monoisotopic (exact) mass is 350 g/mol. The second kappa shape index (κ2) is 6.55. The zero-order valence-electron chi connectivity index (χ0n) is 13.8. The number of carbonyl (C=O) groups is 2. The molecule has 0 radical (unpaired) electrons. The summed E-state index contributed by atoms with van der Waals surface area (Å²) >= 11 is 0. The summed E-state index contributed by atoms with van der Waals surface area (Å²) in [6, 6.07) is 7.74. The Labute approximate surface area is 142 Å². The lowest BCUT2D eigenvalue weighted by atomic mass is 10.0. The highest BCUT2D eigenvalue weighted by atomic mass is 32.2. The van der Waals surface area contributed by atoms with Gasteiger partial charge in [-0.25, -0.2) is 8.42 Å². The van der Waals surface area contributed by atoms with E-state index in [9.17, 15) is 18.0 Å². The Morgan fingerprint density at radius 1 is 1.21 bits per heavy atom. The fourth-order valence-corrected chi connectivity index (χ4v) is 5.15. The predicted molar refractivity (Wildman–Crippen MR) is 91.5 cm³/mol. The number of hydrogen-bond acceptors (Lipinski definition) is 4. The summed E-state index contributed by atoms with van der Waals surface area (Å²) in [5.41, 5.74) is 1.98. The molecule has 6 nitrogen and oxygen atoms in total. The van der Waals surface area contributed by atoms with E-state index in [4.69, 9.17) is 0 Å². The molecule has 0 aliphatic carbocycles. The molecule has 0 unspecified atom stereocenters. The van der Waals surface area contributed by atoms with Gasteiger partial charge in [-0.05, 0) is 31.4 Å². The average molecular weight is 350 g/mol. The van der Waals surface area contributed by atoms with Crippen LogP contribution < -0.4 is 4.90 Å². The van der Waals surface area contributed by atoms with E-state index in [-0.39, 0.29) is 42.2 Å². The minimum absolute atomic E-state index is 0.0617. The van der Waals surface area contributed by atoms with Crippen LogP contribution in [0.15, 0.2) is 24.3 Å². The maximum Gasteiger partial charge on any atom is 0.246 e. The maximum absolute atomic E-state index is 12.4. The van der Waals surface area contributed by atoms with Crippen LogP contribution in [0, 0.1) is 12.8 Å². The number of nitrogens with zero attached hydrogens (tertiary/aromatic N) is 2. The lowest BCUT2D eigenvalue weighted by molar-refractivity contribution is -0.137. The first kappa shape index (κ1) is 17.0. The van der Waals surface area contributed by atoms with Crippen LogP contribution in [0.2, 0.25) is 0 Å². The quantitative estimate of drug-likeness (QED) is 0.815. The summed E-state index contributed by atoms with van der Waals surface area (Å²) in [5.74, 6) is -0.0552. The number of piperazine rings is 1. The summed E-state index contributed by atoms with van der Waals surface area (Å²) in [4.78, 5) is 28.0. The Kier molecular flexibility index (Phi) is 4.62. The van der Waals surface area contributed by atoms with E-state index in [0.717, 1.165) is 11.3 Å². The summed E-state index contributed by atoms with van der Waals surface area (Å²) in [6.07, 6.45) is 0.766. The second-order valence-electron chi connectivity index (χ2n) is 6.67. The van der Waals surface area contributed by atoms with E-state index in [0.29, 0.717) is 19.5 Å². The van der Waals surface area contributed by atoms with Gasteiger partial charge in [-0.2, -0.15) is 0 Å².